The van der Waals surface area contributed by atoms with Gasteiger partial charge in [0.25, 0.3) is 0 Å². The van der Waals surface area contributed by atoms with Gasteiger partial charge in [-0.3, -0.25) is 4.79 Å². The lowest BCUT2D eigenvalue weighted by atomic mass is 9.96. The second kappa shape index (κ2) is 7.29. The molecule has 0 radical (unpaired) electrons. The highest BCUT2D eigenvalue weighted by Crippen LogP contribution is 2.21. The van der Waals surface area contributed by atoms with E-state index in [-0.39, 0.29) is 23.9 Å². The van der Waals surface area contributed by atoms with Crippen LogP contribution in [0.1, 0.15) is 26.7 Å². The number of nitrogens with zero attached hydrogens (tertiary/aromatic N) is 2. The van der Waals surface area contributed by atoms with Crippen molar-refractivity contribution in [3.63, 3.8) is 0 Å². The number of urea groups is 1. The Bertz CT molecular complexity index is 516. The van der Waals surface area contributed by atoms with Crippen LogP contribution in [0.2, 0.25) is 0 Å². The van der Waals surface area contributed by atoms with Crippen LogP contribution in [0.4, 0.5) is 10.5 Å². The molecule has 1 aromatic rings. The number of carbonyl (C=O) groups excluding carboxylic acids is 2. The van der Waals surface area contributed by atoms with Gasteiger partial charge in [0.1, 0.15) is 0 Å². The molecule has 0 aliphatic carbocycles. The van der Waals surface area contributed by atoms with Crippen LogP contribution >= 0.6 is 0 Å². The Balaban J connectivity index is 1.99. The maximum absolute atomic E-state index is 12.7. The lowest BCUT2D eigenvalue weighted by Gasteiger charge is -2.34. The first-order valence-corrected chi connectivity index (χ1v) is 7.87. The number of likely N-dealkylation sites (tertiary alicyclic amines) is 1. The number of hydrogen-bond donors (Lipinski definition) is 1. The molecule has 0 aromatic heterocycles. The number of anilines is 1. The second-order valence-corrected chi connectivity index (χ2v) is 6.12. The summed E-state index contributed by atoms with van der Waals surface area (Å²) in [6.45, 7) is 5.09. The molecule has 1 atom stereocenters. The quantitative estimate of drug-likeness (QED) is 0.932. The molecular formula is C17H25N3O2. The van der Waals surface area contributed by atoms with Crippen LogP contribution in [-0.4, -0.2) is 43.0 Å². The molecule has 3 amide bonds. The average Bonchev–Trinajstić information content (AvgIpc) is 2.54. The molecule has 0 saturated carbocycles. The normalized spacial score (nSPS) is 18.2. The standard InChI is InChI=1S/C17H25N3O2/c1-13(2)18-17(22)20-11-7-8-14(12-20)16(21)19(3)15-9-5-4-6-10-15/h4-6,9-10,13-14H,7-8,11-12H2,1-3H3,(H,18,22)/t14-/m1/s1. The predicted molar refractivity (Wildman–Crippen MR) is 87.8 cm³/mol. The minimum atomic E-state index is -0.128. The van der Waals surface area contributed by atoms with Gasteiger partial charge in [0.15, 0.2) is 0 Å². The third kappa shape index (κ3) is 4.00. The van der Waals surface area contributed by atoms with Gasteiger partial charge in [-0.15, -0.1) is 0 Å². The smallest absolute Gasteiger partial charge is 0.317 e. The van der Waals surface area contributed by atoms with Gasteiger partial charge in [0, 0.05) is 31.9 Å². The number of hydrogen-bond acceptors (Lipinski definition) is 2. The number of nitrogens with one attached hydrogen (secondary N) is 1. The number of carbonyl (C=O) groups is 2. The SMILES string of the molecule is CC(C)NC(=O)N1CCC[C@@H](C(=O)N(C)c2ccccc2)C1. The Morgan fingerprint density at radius 1 is 1.27 bits per heavy atom. The molecule has 2 rings (SSSR count). The number of benzene rings is 1. The molecular weight excluding hydrogens is 278 g/mol. The van der Waals surface area contributed by atoms with Gasteiger partial charge >= 0.3 is 6.03 Å². The average molecular weight is 303 g/mol. The van der Waals surface area contributed by atoms with E-state index in [1.807, 2.05) is 44.2 Å². The number of piperidine rings is 1. The molecule has 1 saturated heterocycles. The fourth-order valence-electron chi connectivity index (χ4n) is 2.75. The Kier molecular flexibility index (Phi) is 5.41. The van der Waals surface area contributed by atoms with Crippen LogP contribution in [0.25, 0.3) is 0 Å². The van der Waals surface area contributed by atoms with E-state index in [2.05, 4.69) is 5.32 Å². The van der Waals surface area contributed by atoms with E-state index in [1.54, 1.807) is 16.8 Å². The predicted octanol–water partition coefficient (Wildman–Crippen LogP) is 2.48. The van der Waals surface area contributed by atoms with Gasteiger partial charge in [-0.2, -0.15) is 0 Å². The van der Waals surface area contributed by atoms with E-state index < -0.39 is 0 Å². The van der Waals surface area contributed by atoms with Crippen molar-refractivity contribution < 1.29 is 9.59 Å². The Labute approximate surface area is 132 Å². The first-order valence-electron chi connectivity index (χ1n) is 7.87. The van der Waals surface area contributed by atoms with Crippen LogP contribution in [-0.2, 0) is 4.79 Å². The van der Waals surface area contributed by atoms with Gasteiger partial charge in [-0.05, 0) is 38.8 Å². The number of amides is 3. The summed E-state index contributed by atoms with van der Waals surface area (Å²) in [6.07, 6.45) is 1.70. The van der Waals surface area contributed by atoms with E-state index in [0.29, 0.717) is 6.54 Å². The summed E-state index contributed by atoms with van der Waals surface area (Å²) in [6, 6.07) is 9.64. The summed E-state index contributed by atoms with van der Waals surface area (Å²) in [5.74, 6) is -0.0508. The Morgan fingerprint density at radius 2 is 1.95 bits per heavy atom. The molecule has 1 heterocycles. The highest BCUT2D eigenvalue weighted by Gasteiger charge is 2.30. The first-order chi connectivity index (χ1) is 10.5. The summed E-state index contributed by atoms with van der Waals surface area (Å²) in [5.41, 5.74) is 0.885. The van der Waals surface area contributed by atoms with Crippen LogP contribution in [0.3, 0.4) is 0 Å². The molecule has 120 valence electrons. The zero-order valence-electron chi connectivity index (χ0n) is 13.6. The molecule has 5 heteroatoms. The number of rotatable bonds is 3. The van der Waals surface area contributed by atoms with Crippen molar-refractivity contribution in [2.24, 2.45) is 5.92 Å². The largest absolute Gasteiger partial charge is 0.336 e. The van der Waals surface area contributed by atoms with Crippen molar-refractivity contribution in [1.82, 2.24) is 10.2 Å². The van der Waals surface area contributed by atoms with Crippen molar-refractivity contribution in [1.29, 1.82) is 0 Å². The molecule has 0 spiro atoms. The summed E-state index contributed by atoms with van der Waals surface area (Å²) in [4.78, 5) is 28.2. The van der Waals surface area contributed by atoms with E-state index in [4.69, 9.17) is 0 Å². The van der Waals surface area contributed by atoms with E-state index in [0.717, 1.165) is 25.1 Å². The topological polar surface area (TPSA) is 52.7 Å². The fraction of sp³-hybridized carbons (Fsp3) is 0.529. The van der Waals surface area contributed by atoms with E-state index >= 15 is 0 Å². The minimum Gasteiger partial charge on any atom is -0.336 e. The van der Waals surface area contributed by atoms with E-state index in [1.165, 1.54) is 0 Å². The zero-order chi connectivity index (χ0) is 16.1. The summed E-state index contributed by atoms with van der Waals surface area (Å²) in [5, 5.41) is 2.89. The molecule has 1 N–H and O–H groups in total. The highest BCUT2D eigenvalue weighted by molar-refractivity contribution is 5.95. The van der Waals surface area contributed by atoms with Gasteiger partial charge in [-0.1, -0.05) is 18.2 Å². The summed E-state index contributed by atoms with van der Waals surface area (Å²) < 4.78 is 0. The van der Waals surface area contributed by atoms with Gasteiger partial charge in [0.2, 0.25) is 5.91 Å². The highest BCUT2D eigenvalue weighted by atomic mass is 16.2. The van der Waals surface area contributed by atoms with Crippen molar-refractivity contribution in [2.75, 3.05) is 25.0 Å². The van der Waals surface area contributed by atoms with E-state index in [9.17, 15) is 9.59 Å². The lowest BCUT2D eigenvalue weighted by Crippen LogP contribution is -2.50. The maximum atomic E-state index is 12.7. The Morgan fingerprint density at radius 3 is 2.59 bits per heavy atom. The number of para-hydroxylation sites is 1. The molecule has 0 bridgehead atoms. The van der Waals surface area contributed by atoms with Crippen molar-refractivity contribution in [2.45, 2.75) is 32.7 Å². The van der Waals surface area contributed by atoms with Crippen LogP contribution in [0.5, 0.6) is 0 Å². The third-order valence-electron chi connectivity index (χ3n) is 3.94. The van der Waals surface area contributed by atoms with Crippen molar-refractivity contribution in [3.05, 3.63) is 30.3 Å². The monoisotopic (exact) mass is 303 g/mol. The molecule has 22 heavy (non-hydrogen) atoms. The molecule has 0 unspecified atom stereocenters. The van der Waals surface area contributed by atoms with Crippen LogP contribution in [0, 0.1) is 5.92 Å². The molecule has 1 aliphatic heterocycles. The van der Waals surface area contributed by atoms with Crippen molar-refractivity contribution >= 4 is 17.6 Å². The first kappa shape index (κ1) is 16.3. The Hall–Kier alpha value is -2.04. The molecule has 1 fully saturated rings. The maximum Gasteiger partial charge on any atom is 0.317 e. The minimum absolute atomic E-state index is 0.0742. The molecule has 1 aliphatic rings. The van der Waals surface area contributed by atoms with Crippen molar-refractivity contribution in [3.8, 4) is 0 Å². The van der Waals surface area contributed by atoms with Gasteiger partial charge < -0.3 is 15.1 Å². The van der Waals surface area contributed by atoms with Gasteiger partial charge in [-0.25, -0.2) is 4.79 Å². The van der Waals surface area contributed by atoms with Gasteiger partial charge in [0.05, 0.1) is 5.92 Å². The molecule has 5 nitrogen and oxygen atoms in total. The fourth-order valence-corrected chi connectivity index (χ4v) is 2.75. The summed E-state index contributed by atoms with van der Waals surface area (Å²) in [7, 11) is 1.80. The molecule has 1 aromatic carbocycles. The lowest BCUT2D eigenvalue weighted by molar-refractivity contribution is -0.123. The summed E-state index contributed by atoms with van der Waals surface area (Å²) >= 11 is 0. The second-order valence-electron chi connectivity index (χ2n) is 6.12. The third-order valence-corrected chi connectivity index (χ3v) is 3.94. The van der Waals surface area contributed by atoms with Crippen LogP contribution < -0.4 is 10.2 Å². The van der Waals surface area contributed by atoms with Crippen LogP contribution in [0.15, 0.2) is 30.3 Å². The zero-order valence-corrected chi connectivity index (χ0v) is 13.6.